The van der Waals surface area contributed by atoms with Crippen LogP contribution in [0, 0.1) is 0 Å². The molecule has 2 unspecified atom stereocenters. The molecule has 4 heteroatoms. The second-order valence-corrected chi connectivity index (χ2v) is 4.48. The van der Waals surface area contributed by atoms with Crippen molar-refractivity contribution in [2.45, 2.75) is 38.9 Å². The first-order valence-electron chi connectivity index (χ1n) is 5.48. The highest BCUT2D eigenvalue weighted by molar-refractivity contribution is 9.09. The first-order chi connectivity index (χ1) is 7.20. The fraction of sp³-hybridized carbons (Fsp3) is 1.00. The lowest BCUT2D eigenvalue weighted by Crippen LogP contribution is -2.25. The zero-order valence-electron chi connectivity index (χ0n) is 10.0. The second-order valence-electron chi connectivity index (χ2n) is 3.68. The number of unbranched alkanes of at least 4 members (excludes halogenated alkanes) is 1. The molecule has 0 N–H and O–H groups in total. The van der Waals surface area contributed by atoms with Gasteiger partial charge in [0.1, 0.15) is 0 Å². The summed E-state index contributed by atoms with van der Waals surface area (Å²) in [6.07, 6.45) is 2.54. The van der Waals surface area contributed by atoms with Crippen LogP contribution in [0.25, 0.3) is 0 Å². The summed E-state index contributed by atoms with van der Waals surface area (Å²) in [4.78, 5) is 0. The van der Waals surface area contributed by atoms with Crippen LogP contribution in [-0.2, 0) is 14.2 Å². The van der Waals surface area contributed by atoms with Crippen molar-refractivity contribution in [3.8, 4) is 0 Å². The van der Waals surface area contributed by atoms with Crippen molar-refractivity contribution in [2.75, 3.05) is 32.3 Å². The number of alkyl halides is 1. The predicted molar refractivity (Wildman–Crippen MR) is 65.7 cm³/mol. The molecule has 0 aliphatic heterocycles. The van der Waals surface area contributed by atoms with Crippen LogP contribution < -0.4 is 0 Å². The van der Waals surface area contributed by atoms with Gasteiger partial charge in [-0.2, -0.15) is 0 Å². The van der Waals surface area contributed by atoms with Crippen LogP contribution in [0.3, 0.4) is 0 Å². The molecule has 0 amide bonds. The number of ether oxygens (including phenoxy) is 3. The van der Waals surface area contributed by atoms with Gasteiger partial charge in [-0.25, -0.2) is 0 Å². The van der Waals surface area contributed by atoms with Gasteiger partial charge in [0.15, 0.2) is 0 Å². The van der Waals surface area contributed by atoms with Gasteiger partial charge in [-0.05, 0) is 26.7 Å². The maximum absolute atomic E-state index is 5.64. The number of rotatable bonds is 10. The zero-order chi connectivity index (χ0) is 11.5. The third-order valence-corrected chi connectivity index (χ3v) is 2.45. The Morgan fingerprint density at radius 2 is 1.73 bits per heavy atom. The van der Waals surface area contributed by atoms with E-state index < -0.39 is 0 Å². The highest BCUT2D eigenvalue weighted by atomic mass is 79.9. The summed E-state index contributed by atoms with van der Waals surface area (Å²) < 4.78 is 16.1. The van der Waals surface area contributed by atoms with E-state index in [1.165, 1.54) is 0 Å². The largest absolute Gasteiger partial charge is 0.382 e. The molecule has 0 aromatic heterocycles. The summed E-state index contributed by atoms with van der Waals surface area (Å²) in [6.45, 7) is 6.14. The minimum absolute atomic E-state index is 0.135. The molecule has 2 atom stereocenters. The third kappa shape index (κ3) is 10.6. The van der Waals surface area contributed by atoms with E-state index in [9.17, 15) is 0 Å². The second kappa shape index (κ2) is 10.9. The van der Waals surface area contributed by atoms with E-state index >= 15 is 0 Å². The molecule has 0 aliphatic rings. The molecular weight excluding hydrogens is 260 g/mol. The van der Waals surface area contributed by atoms with Crippen LogP contribution in [0.1, 0.15) is 26.7 Å². The summed E-state index contributed by atoms with van der Waals surface area (Å²) >= 11 is 3.39. The summed E-state index contributed by atoms with van der Waals surface area (Å²) in [6, 6.07) is 0. The minimum Gasteiger partial charge on any atom is -0.382 e. The fourth-order valence-electron chi connectivity index (χ4n) is 1.26. The molecule has 92 valence electrons. The molecule has 0 saturated carbocycles. The Morgan fingerprint density at radius 3 is 2.33 bits per heavy atom. The Hall–Kier alpha value is 0.360. The number of halogens is 1. The first-order valence-corrected chi connectivity index (χ1v) is 6.61. The van der Waals surface area contributed by atoms with Crippen molar-refractivity contribution in [2.24, 2.45) is 0 Å². The summed E-state index contributed by atoms with van der Waals surface area (Å²) in [7, 11) is 1.68. The van der Waals surface area contributed by atoms with Crippen molar-refractivity contribution in [3.05, 3.63) is 0 Å². The maximum atomic E-state index is 5.64. The molecule has 0 bridgehead atoms. The number of hydrogen-bond donors (Lipinski definition) is 0. The summed E-state index contributed by atoms with van der Waals surface area (Å²) in [5.41, 5.74) is 0. The number of methoxy groups -OCH3 is 1. The molecule has 3 nitrogen and oxygen atoms in total. The van der Waals surface area contributed by atoms with Gasteiger partial charge in [-0.15, -0.1) is 0 Å². The first kappa shape index (κ1) is 15.4. The molecule has 0 aromatic carbocycles. The van der Waals surface area contributed by atoms with E-state index in [1.807, 2.05) is 13.8 Å². The Balaban J connectivity index is 3.28. The lowest BCUT2D eigenvalue weighted by atomic mass is 10.3. The van der Waals surface area contributed by atoms with Crippen LogP contribution in [0.2, 0.25) is 0 Å². The maximum Gasteiger partial charge on any atom is 0.0785 e. The van der Waals surface area contributed by atoms with Crippen LogP contribution in [0.4, 0.5) is 0 Å². The molecule has 0 spiro atoms. The van der Waals surface area contributed by atoms with Crippen molar-refractivity contribution in [1.29, 1.82) is 0 Å². The van der Waals surface area contributed by atoms with Crippen LogP contribution in [0.15, 0.2) is 0 Å². The molecule has 0 saturated heterocycles. The SMILES string of the molecule is COCC(C)OC(C)COCCCCBr. The van der Waals surface area contributed by atoms with E-state index in [0.717, 1.165) is 24.8 Å². The van der Waals surface area contributed by atoms with Crippen molar-refractivity contribution >= 4 is 15.9 Å². The molecule has 15 heavy (non-hydrogen) atoms. The molecule has 0 aliphatic carbocycles. The lowest BCUT2D eigenvalue weighted by Gasteiger charge is -2.18. The Labute approximate surface area is 102 Å². The van der Waals surface area contributed by atoms with Gasteiger partial charge in [0.25, 0.3) is 0 Å². The van der Waals surface area contributed by atoms with Crippen molar-refractivity contribution < 1.29 is 14.2 Å². The Kier molecular flexibility index (Phi) is 11.1. The minimum atomic E-state index is 0.135. The van der Waals surface area contributed by atoms with Gasteiger partial charge in [0, 0.05) is 19.0 Å². The van der Waals surface area contributed by atoms with Gasteiger partial charge < -0.3 is 14.2 Å². The summed E-state index contributed by atoms with van der Waals surface area (Å²) in [5, 5.41) is 1.05. The standard InChI is InChI=1S/C11H23BrO3/c1-10(8-13-3)15-11(2)9-14-7-5-4-6-12/h10-11H,4-9H2,1-3H3. The topological polar surface area (TPSA) is 27.7 Å². The quantitative estimate of drug-likeness (QED) is 0.455. The Morgan fingerprint density at radius 1 is 1.07 bits per heavy atom. The molecule has 0 aromatic rings. The zero-order valence-corrected chi connectivity index (χ0v) is 11.6. The van der Waals surface area contributed by atoms with E-state index in [2.05, 4.69) is 15.9 Å². The average Bonchev–Trinajstić information content (AvgIpc) is 2.17. The van der Waals surface area contributed by atoms with E-state index in [0.29, 0.717) is 13.2 Å². The van der Waals surface area contributed by atoms with Gasteiger partial charge in [0.2, 0.25) is 0 Å². The normalized spacial score (nSPS) is 15.2. The molecule has 0 heterocycles. The van der Waals surface area contributed by atoms with Gasteiger partial charge in [-0.3, -0.25) is 0 Å². The average molecular weight is 283 g/mol. The van der Waals surface area contributed by atoms with Gasteiger partial charge in [0.05, 0.1) is 25.4 Å². The predicted octanol–water partition coefficient (Wildman–Crippen LogP) is 2.62. The lowest BCUT2D eigenvalue weighted by molar-refractivity contribution is -0.0645. The molecule has 0 radical (unpaired) electrons. The molecular formula is C11H23BrO3. The fourth-order valence-corrected chi connectivity index (χ4v) is 1.65. The van der Waals surface area contributed by atoms with Crippen LogP contribution in [-0.4, -0.2) is 44.5 Å². The third-order valence-electron chi connectivity index (χ3n) is 1.89. The molecule has 0 fully saturated rings. The van der Waals surface area contributed by atoms with Crippen LogP contribution in [0.5, 0.6) is 0 Å². The van der Waals surface area contributed by atoms with Crippen molar-refractivity contribution in [3.63, 3.8) is 0 Å². The van der Waals surface area contributed by atoms with Gasteiger partial charge >= 0.3 is 0 Å². The van der Waals surface area contributed by atoms with E-state index in [4.69, 9.17) is 14.2 Å². The Bertz CT molecular complexity index is 133. The molecule has 0 rings (SSSR count). The highest BCUT2D eigenvalue weighted by Gasteiger charge is 2.08. The van der Waals surface area contributed by atoms with Gasteiger partial charge in [-0.1, -0.05) is 15.9 Å². The number of hydrogen-bond acceptors (Lipinski definition) is 3. The monoisotopic (exact) mass is 282 g/mol. The highest BCUT2D eigenvalue weighted by Crippen LogP contribution is 2.00. The van der Waals surface area contributed by atoms with Crippen molar-refractivity contribution in [1.82, 2.24) is 0 Å². The van der Waals surface area contributed by atoms with Crippen LogP contribution >= 0.6 is 15.9 Å². The smallest absolute Gasteiger partial charge is 0.0785 e. The van der Waals surface area contributed by atoms with E-state index in [-0.39, 0.29) is 12.2 Å². The summed E-state index contributed by atoms with van der Waals surface area (Å²) in [5.74, 6) is 0. The van der Waals surface area contributed by atoms with E-state index in [1.54, 1.807) is 7.11 Å².